The van der Waals surface area contributed by atoms with Crippen LogP contribution in [0.15, 0.2) is 36.4 Å². The lowest BCUT2D eigenvalue weighted by molar-refractivity contribution is 0.191. The second-order valence-corrected chi connectivity index (χ2v) is 3.88. The van der Waals surface area contributed by atoms with Crippen LogP contribution >= 0.6 is 0 Å². The highest BCUT2D eigenvalue weighted by Crippen LogP contribution is 2.00. The van der Waals surface area contributed by atoms with Crippen molar-refractivity contribution in [3.05, 3.63) is 42.0 Å². The van der Waals surface area contributed by atoms with E-state index in [1.54, 1.807) is 6.92 Å². The molecule has 15 heavy (non-hydrogen) atoms. The van der Waals surface area contributed by atoms with Gasteiger partial charge in [-0.3, -0.25) is 4.46 Å². The van der Waals surface area contributed by atoms with Crippen molar-refractivity contribution < 1.29 is 13.3 Å². The van der Waals surface area contributed by atoms with Gasteiger partial charge in [-0.05, 0) is 18.6 Å². The third-order valence-electron chi connectivity index (χ3n) is 1.67. The standard InChI is InChI=1S/C11H14O3Si/c1-2-13-15(12)14-10-6-9-11-7-4-3-5-8-11/h3-9H,2,10H2,1H3/b9-6+. The molecule has 0 atom stereocenters. The number of benzene rings is 1. The summed E-state index contributed by atoms with van der Waals surface area (Å²) in [6.07, 6.45) is 3.73. The molecule has 80 valence electrons. The third-order valence-corrected chi connectivity index (χ3v) is 2.60. The van der Waals surface area contributed by atoms with Crippen LogP contribution in [0.5, 0.6) is 0 Å². The monoisotopic (exact) mass is 222 g/mol. The molecule has 0 spiro atoms. The summed E-state index contributed by atoms with van der Waals surface area (Å²) in [7, 11) is -2.30. The van der Waals surface area contributed by atoms with Gasteiger partial charge in [0.05, 0.1) is 13.2 Å². The molecule has 0 saturated heterocycles. The molecule has 0 aliphatic rings. The summed E-state index contributed by atoms with van der Waals surface area (Å²) >= 11 is 0. The molecule has 1 aromatic carbocycles. The van der Waals surface area contributed by atoms with E-state index in [1.165, 1.54) is 0 Å². The van der Waals surface area contributed by atoms with Gasteiger partial charge in [-0.2, -0.15) is 0 Å². The number of hydrogen-bond donors (Lipinski definition) is 0. The predicted octanol–water partition coefficient (Wildman–Crippen LogP) is 2.17. The molecule has 0 radical (unpaired) electrons. The SMILES string of the molecule is CCO[Si](=O)OC/C=C/c1ccccc1. The highest BCUT2D eigenvalue weighted by atomic mass is 28.3. The molecule has 0 fully saturated rings. The Morgan fingerprint density at radius 3 is 2.67 bits per heavy atom. The fourth-order valence-electron chi connectivity index (χ4n) is 1.02. The Morgan fingerprint density at radius 2 is 2.00 bits per heavy atom. The Morgan fingerprint density at radius 1 is 1.27 bits per heavy atom. The molecule has 1 rings (SSSR count). The summed E-state index contributed by atoms with van der Waals surface area (Å²) in [5.74, 6) is 0. The van der Waals surface area contributed by atoms with Crippen molar-refractivity contribution in [2.24, 2.45) is 0 Å². The predicted molar refractivity (Wildman–Crippen MR) is 59.5 cm³/mol. The van der Waals surface area contributed by atoms with E-state index in [0.717, 1.165) is 5.56 Å². The van der Waals surface area contributed by atoms with Gasteiger partial charge in [-0.25, -0.2) is 0 Å². The van der Waals surface area contributed by atoms with Crippen molar-refractivity contribution in [2.45, 2.75) is 6.92 Å². The Kier molecular flexibility index (Phi) is 5.40. The molecule has 0 saturated carbocycles. The first-order valence-electron chi connectivity index (χ1n) is 4.84. The van der Waals surface area contributed by atoms with E-state index < -0.39 is 9.17 Å². The van der Waals surface area contributed by atoms with Crippen molar-refractivity contribution in [1.29, 1.82) is 0 Å². The minimum Gasteiger partial charge on any atom is -0.496 e. The largest absolute Gasteiger partial charge is 0.767 e. The summed E-state index contributed by atoms with van der Waals surface area (Å²) in [6, 6.07) is 9.86. The van der Waals surface area contributed by atoms with E-state index in [-0.39, 0.29) is 0 Å². The number of rotatable bonds is 6. The zero-order valence-electron chi connectivity index (χ0n) is 8.68. The van der Waals surface area contributed by atoms with E-state index in [0.29, 0.717) is 13.2 Å². The Bertz CT molecular complexity index is 322. The minimum absolute atomic E-state index is 0.312. The smallest absolute Gasteiger partial charge is 0.496 e. The molecule has 0 aromatic heterocycles. The Hall–Kier alpha value is -1.42. The summed E-state index contributed by atoms with van der Waals surface area (Å²) in [6.45, 7) is 2.51. The molecule has 0 unspecified atom stereocenters. The van der Waals surface area contributed by atoms with Crippen molar-refractivity contribution in [1.82, 2.24) is 0 Å². The van der Waals surface area contributed by atoms with Crippen molar-refractivity contribution in [3.8, 4) is 0 Å². The molecule has 1 aromatic rings. The molecule has 4 heteroatoms. The lowest BCUT2D eigenvalue weighted by Gasteiger charge is -1.99. The minimum atomic E-state index is -2.30. The molecule has 0 heterocycles. The van der Waals surface area contributed by atoms with Crippen molar-refractivity contribution in [3.63, 3.8) is 0 Å². The van der Waals surface area contributed by atoms with Crippen LogP contribution < -0.4 is 0 Å². The molecular formula is C11H14O3Si. The highest BCUT2D eigenvalue weighted by Gasteiger charge is 2.06. The van der Waals surface area contributed by atoms with Gasteiger partial charge in [-0.15, -0.1) is 0 Å². The van der Waals surface area contributed by atoms with Crippen LogP contribution in [-0.4, -0.2) is 22.4 Å². The average molecular weight is 222 g/mol. The molecule has 0 bridgehead atoms. The van der Waals surface area contributed by atoms with Gasteiger partial charge >= 0.3 is 9.17 Å². The lowest BCUT2D eigenvalue weighted by Crippen LogP contribution is -2.11. The highest BCUT2D eigenvalue weighted by molar-refractivity contribution is 6.26. The molecule has 0 amide bonds. The summed E-state index contributed by atoms with van der Waals surface area (Å²) in [5, 5.41) is 0. The van der Waals surface area contributed by atoms with E-state index in [2.05, 4.69) is 0 Å². The first kappa shape index (κ1) is 11.7. The zero-order valence-corrected chi connectivity index (χ0v) is 9.68. The van der Waals surface area contributed by atoms with Gasteiger partial charge in [0.15, 0.2) is 0 Å². The maximum absolute atomic E-state index is 11.0. The quantitative estimate of drug-likeness (QED) is 0.692. The van der Waals surface area contributed by atoms with Crippen molar-refractivity contribution >= 4 is 15.2 Å². The molecule has 3 nitrogen and oxygen atoms in total. The van der Waals surface area contributed by atoms with Gasteiger partial charge in [0.2, 0.25) is 0 Å². The normalized spacial score (nSPS) is 10.2. The maximum atomic E-state index is 11.0. The first-order chi connectivity index (χ1) is 7.33. The lowest BCUT2D eigenvalue weighted by atomic mass is 10.2. The topological polar surface area (TPSA) is 35.5 Å². The van der Waals surface area contributed by atoms with Gasteiger partial charge in [0.1, 0.15) is 0 Å². The summed E-state index contributed by atoms with van der Waals surface area (Å²) in [5.41, 5.74) is 1.09. The van der Waals surface area contributed by atoms with E-state index >= 15 is 0 Å². The van der Waals surface area contributed by atoms with Crippen LogP contribution in [0.4, 0.5) is 0 Å². The zero-order chi connectivity index (χ0) is 10.9. The van der Waals surface area contributed by atoms with E-state index in [9.17, 15) is 4.46 Å². The Balaban J connectivity index is 2.26. The van der Waals surface area contributed by atoms with Crippen LogP contribution in [0.25, 0.3) is 6.08 Å². The average Bonchev–Trinajstić information content (AvgIpc) is 2.26. The van der Waals surface area contributed by atoms with Crippen LogP contribution in [0.3, 0.4) is 0 Å². The Labute approximate surface area is 91.2 Å². The molecule has 0 aliphatic carbocycles. The van der Waals surface area contributed by atoms with Gasteiger partial charge < -0.3 is 8.85 Å². The van der Waals surface area contributed by atoms with Crippen LogP contribution in [-0.2, 0) is 13.3 Å². The van der Waals surface area contributed by atoms with Gasteiger partial charge in [-0.1, -0.05) is 36.4 Å². The van der Waals surface area contributed by atoms with Crippen LogP contribution in [0.2, 0.25) is 0 Å². The molecule has 0 N–H and O–H groups in total. The van der Waals surface area contributed by atoms with Gasteiger partial charge in [0, 0.05) is 0 Å². The fourth-order valence-corrected chi connectivity index (χ4v) is 1.58. The maximum Gasteiger partial charge on any atom is 0.767 e. The second kappa shape index (κ2) is 6.95. The van der Waals surface area contributed by atoms with E-state index in [4.69, 9.17) is 8.85 Å². The van der Waals surface area contributed by atoms with Crippen molar-refractivity contribution in [2.75, 3.05) is 13.2 Å². The summed E-state index contributed by atoms with van der Waals surface area (Å²) < 4.78 is 20.7. The third kappa shape index (κ3) is 5.12. The summed E-state index contributed by atoms with van der Waals surface area (Å²) in [4.78, 5) is 0. The first-order valence-corrected chi connectivity index (χ1v) is 6.06. The van der Waals surface area contributed by atoms with Crippen LogP contribution in [0, 0.1) is 0 Å². The second-order valence-electron chi connectivity index (χ2n) is 2.81. The van der Waals surface area contributed by atoms with E-state index in [1.807, 2.05) is 42.5 Å². The van der Waals surface area contributed by atoms with Gasteiger partial charge in [0.25, 0.3) is 0 Å². The number of hydrogen-bond acceptors (Lipinski definition) is 3. The van der Waals surface area contributed by atoms with Crippen LogP contribution in [0.1, 0.15) is 12.5 Å². The molecular weight excluding hydrogens is 208 g/mol. The molecule has 0 aliphatic heterocycles. The fraction of sp³-hybridized carbons (Fsp3) is 0.273.